The van der Waals surface area contributed by atoms with Crippen LogP contribution in [0.5, 0.6) is 0 Å². The van der Waals surface area contributed by atoms with E-state index in [1.807, 2.05) is 6.26 Å². The smallest absolute Gasteiger partial charge is 0.335 e. The summed E-state index contributed by atoms with van der Waals surface area (Å²) in [5.74, 6) is -1.84. The monoisotopic (exact) mass is 271 g/mol. The summed E-state index contributed by atoms with van der Waals surface area (Å²) in [4.78, 5) is 22.3. The van der Waals surface area contributed by atoms with E-state index >= 15 is 0 Å². The van der Waals surface area contributed by atoms with Crippen molar-refractivity contribution in [2.75, 3.05) is 17.3 Å². The number of carbonyl (C=O) groups is 2. The lowest BCUT2D eigenvalue weighted by Gasteiger charge is -2.11. The molecule has 0 fully saturated rings. The number of aromatic carboxylic acids is 1. The summed E-state index contributed by atoms with van der Waals surface area (Å²) in [6.45, 7) is 1.75. The molecule has 1 aromatic rings. The van der Waals surface area contributed by atoms with E-state index in [1.165, 1.54) is 23.9 Å². The number of benzene rings is 1. The second-order valence-electron chi connectivity index (χ2n) is 3.85. The van der Waals surface area contributed by atoms with Crippen LogP contribution >= 0.6 is 11.8 Å². The van der Waals surface area contributed by atoms with Crippen LogP contribution in [0.2, 0.25) is 0 Å². The average molecular weight is 271 g/mol. The Morgan fingerprint density at radius 3 is 2.67 bits per heavy atom. The Labute approximate surface area is 109 Å². The van der Waals surface area contributed by atoms with Crippen LogP contribution in [0, 0.1) is 11.7 Å². The lowest BCUT2D eigenvalue weighted by atomic mass is 10.1. The van der Waals surface area contributed by atoms with Gasteiger partial charge in [0.25, 0.3) is 0 Å². The normalized spacial score (nSPS) is 11.9. The van der Waals surface area contributed by atoms with Gasteiger partial charge in [-0.2, -0.15) is 11.8 Å². The molecule has 1 atom stereocenters. The second kappa shape index (κ2) is 6.39. The maximum absolute atomic E-state index is 13.5. The van der Waals surface area contributed by atoms with E-state index < -0.39 is 11.8 Å². The number of carboxylic acid groups (broad SMARTS) is 1. The second-order valence-corrected chi connectivity index (χ2v) is 4.76. The van der Waals surface area contributed by atoms with Crippen LogP contribution < -0.4 is 5.32 Å². The fourth-order valence-corrected chi connectivity index (χ4v) is 1.98. The van der Waals surface area contributed by atoms with Gasteiger partial charge in [-0.1, -0.05) is 6.92 Å². The Bertz CT molecular complexity index is 465. The Kier molecular flexibility index (Phi) is 5.15. The third kappa shape index (κ3) is 3.73. The molecule has 18 heavy (non-hydrogen) atoms. The Balaban J connectivity index is 2.79. The molecular formula is C12H14FNO3S. The van der Waals surface area contributed by atoms with Gasteiger partial charge in [0.15, 0.2) is 0 Å². The molecule has 1 unspecified atom stereocenters. The molecule has 0 bridgehead atoms. The topological polar surface area (TPSA) is 66.4 Å². The van der Waals surface area contributed by atoms with Gasteiger partial charge in [0.05, 0.1) is 11.3 Å². The number of amides is 1. The molecule has 1 amide bonds. The number of nitrogens with one attached hydrogen (secondary N) is 1. The van der Waals surface area contributed by atoms with Crippen molar-refractivity contribution in [2.45, 2.75) is 6.92 Å². The van der Waals surface area contributed by atoms with E-state index in [9.17, 15) is 14.0 Å². The fraction of sp³-hybridized carbons (Fsp3) is 0.333. The van der Waals surface area contributed by atoms with Gasteiger partial charge in [0.2, 0.25) is 5.91 Å². The SMILES string of the molecule is CSCC(C)C(=O)Nc1ccc(C(=O)O)cc1F. The van der Waals surface area contributed by atoms with Crippen molar-refractivity contribution in [1.29, 1.82) is 0 Å². The van der Waals surface area contributed by atoms with Crippen molar-refractivity contribution in [3.8, 4) is 0 Å². The van der Waals surface area contributed by atoms with Gasteiger partial charge in [-0.3, -0.25) is 4.79 Å². The molecule has 0 aromatic heterocycles. The van der Waals surface area contributed by atoms with E-state index in [0.717, 1.165) is 6.07 Å². The molecule has 2 N–H and O–H groups in total. The highest BCUT2D eigenvalue weighted by atomic mass is 32.2. The molecule has 1 rings (SSSR count). The molecule has 0 radical (unpaired) electrons. The van der Waals surface area contributed by atoms with Gasteiger partial charge in [-0.25, -0.2) is 9.18 Å². The lowest BCUT2D eigenvalue weighted by molar-refractivity contribution is -0.118. The molecular weight excluding hydrogens is 257 g/mol. The number of hydrogen-bond acceptors (Lipinski definition) is 3. The van der Waals surface area contributed by atoms with Gasteiger partial charge in [0, 0.05) is 11.7 Å². The van der Waals surface area contributed by atoms with Crippen molar-refractivity contribution in [2.24, 2.45) is 5.92 Å². The summed E-state index contributed by atoms with van der Waals surface area (Å²) in [7, 11) is 0. The molecule has 0 aliphatic carbocycles. The first-order chi connectivity index (χ1) is 8.45. The van der Waals surface area contributed by atoms with Crippen LogP contribution in [0.1, 0.15) is 17.3 Å². The van der Waals surface area contributed by atoms with Crippen LogP contribution in [0.25, 0.3) is 0 Å². The molecule has 4 nitrogen and oxygen atoms in total. The highest BCUT2D eigenvalue weighted by Gasteiger charge is 2.15. The maximum atomic E-state index is 13.5. The first-order valence-corrected chi connectivity index (χ1v) is 6.67. The molecule has 6 heteroatoms. The first kappa shape index (κ1) is 14.5. The van der Waals surface area contributed by atoms with Gasteiger partial charge < -0.3 is 10.4 Å². The minimum absolute atomic E-state index is 0.00190. The summed E-state index contributed by atoms with van der Waals surface area (Å²) in [5.41, 5.74) is -0.152. The average Bonchev–Trinajstić information content (AvgIpc) is 2.31. The number of carbonyl (C=O) groups excluding carboxylic acids is 1. The molecule has 0 saturated heterocycles. The van der Waals surface area contributed by atoms with Gasteiger partial charge >= 0.3 is 5.97 Å². The minimum Gasteiger partial charge on any atom is -0.478 e. The zero-order chi connectivity index (χ0) is 13.7. The minimum atomic E-state index is -1.21. The Hall–Kier alpha value is -1.56. The number of hydrogen-bond donors (Lipinski definition) is 2. The van der Waals surface area contributed by atoms with Crippen LogP contribution in [0.4, 0.5) is 10.1 Å². The first-order valence-electron chi connectivity index (χ1n) is 5.28. The summed E-state index contributed by atoms with van der Waals surface area (Å²) < 4.78 is 13.5. The molecule has 0 saturated carbocycles. The predicted molar refractivity (Wildman–Crippen MR) is 69.5 cm³/mol. The van der Waals surface area contributed by atoms with Gasteiger partial charge in [0.1, 0.15) is 5.82 Å². The maximum Gasteiger partial charge on any atom is 0.335 e. The Morgan fingerprint density at radius 1 is 1.50 bits per heavy atom. The van der Waals surface area contributed by atoms with Crippen LogP contribution in [0.3, 0.4) is 0 Å². The molecule has 98 valence electrons. The molecule has 1 aromatic carbocycles. The molecule has 0 aliphatic heterocycles. The predicted octanol–water partition coefficient (Wildman–Crippen LogP) is 2.46. The molecule has 0 aliphatic rings. The van der Waals surface area contributed by atoms with Crippen molar-refractivity contribution in [3.63, 3.8) is 0 Å². The highest BCUT2D eigenvalue weighted by Crippen LogP contribution is 2.17. The zero-order valence-corrected chi connectivity index (χ0v) is 10.9. The number of anilines is 1. The van der Waals surface area contributed by atoms with Crippen molar-refractivity contribution in [3.05, 3.63) is 29.6 Å². The summed E-state index contributed by atoms with van der Waals surface area (Å²) in [6.07, 6.45) is 1.88. The van der Waals surface area contributed by atoms with E-state index in [2.05, 4.69) is 5.32 Å². The van der Waals surface area contributed by atoms with E-state index in [0.29, 0.717) is 5.75 Å². The largest absolute Gasteiger partial charge is 0.478 e. The van der Waals surface area contributed by atoms with Crippen LogP contribution in [-0.4, -0.2) is 29.0 Å². The Morgan fingerprint density at radius 2 is 2.17 bits per heavy atom. The van der Waals surface area contributed by atoms with Gasteiger partial charge in [-0.05, 0) is 24.5 Å². The molecule has 0 heterocycles. The van der Waals surface area contributed by atoms with Gasteiger partial charge in [-0.15, -0.1) is 0 Å². The van der Waals surface area contributed by atoms with Crippen LogP contribution in [-0.2, 0) is 4.79 Å². The number of halogens is 1. The highest BCUT2D eigenvalue weighted by molar-refractivity contribution is 7.98. The van der Waals surface area contributed by atoms with Crippen molar-refractivity contribution < 1.29 is 19.1 Å². The van der Waals surface area contributed by atoms with E-state index in [4.69, 9.17) is 5.11 Å². The number of rotatable bonds is 5. The summed E-state index contributed by atoms with van der Waals surface area (Å²) >= 11 is 1.53. The van der Waals surface area contributed by atoms with E-state index in [1.54, 1.807) is 6.92 Å². The molecule has 0 spiro atoms. The van der Waals surface area contributed by atoms with Crippen molar-refractivity contribution in [1.82, 2.24) is 0 Å². The number of thioether (sulfide) groups is 1. The summed E-state index contributed by atoms with van der Waals surface area (Å²) in [5, 5.41) is 11.1. The fourth-order valence-electron chi connectivity index (χ4n) is 1.33. The summed E-state index contributed by atoms with van der Waals surface area (Å²) in [6, 6.07) is 3.39. The van der Waals surface area contributed by atoms with Crippen LogP contribution in [0.15, 0.2) is 18.2 Å². The third-order valence-corrected chi connectivity index (χ3v) is 3.17. The third-order valence-electron chi connectivity index (χ3n) is 2.34. The van der Waals surface area contributed by atoms with E-state index in [-0.39, 0.29) is 23.1 Å². The van der Waals surface area contributed by atoms with Crippen molar-refractivity contribution >= 4 is 29.3 Å². The quantitative estimate of drug-likeness (QED) is 0.863. The number of carboxylic acids is 1. The lowest BCUT2D eigenvalue weighted by Crippen LogP contribution is -2.22. The standard InChI is InChI=1S/C12H14FNO3S/c1-7(6-18-2)11(15)14-10-4-3-8(12(16)17)5-9(10)13/h3-5,7H,6H2,1-2H3,(H,14,15)(H,16,17). The zero-order valence-electron chi connectivity index (χ0n) is 10.1.